The lowest BCUT2D eigenvalue weighted by Crippen LogP contribution is -2.23. The van der Waals surface area contributed by atoms with Gasteiger partial charge in [-0.1, -0.05) is 12.8 Å². The zero-order chi connectivity index (χ0) is 8.10. The third-order valence-corrected chi connectivity index (χ3v) is 2.26. The van der Waals surface area contributed by atoms with E-state index in [0.29, 0.717) is 12.6 Å². The molecule has 1 aliphatic rings. The molecule has 0 spiro atoms. The van der Waals surface area contributed by atoms with Crippen LogP contribution in [0.25, 0.3) is 0 Å². The van der Waals surface area contributed by atoms with Gasteiger partial charge in [0.1, 0.15) is 0 Å². The van der Waals surface area contributed by atoms with E-state index in [9.17, 15) is 0 Å². The van der Waals surface area contributed by atoms with E-state index in [1.54, 1.807) is 0 Å². The number of hydrogen-bond acceptors (Lipinski definition) is 2. The van der Waals surface area contributed by atoms with E-state index >= 15 is 0 Å². The zero-order valence-electron chi connectivity index (χ0n) is 7.38. The van der Waals surface area contributed by atoms with Crippen LogP contribution in [0.4, 0.5) is 0 Å². The van der Waals surface area contributed by atoms with Gasteiger partial charge in [0, 0.05) is 13.2 Å². The van der Waals surface area contributed by atoms with Crippen molar-refractivity contribution in [3.8, 4) is 0 Å². The Hall–Kier alpha value is -0.0800. The Morgan fingerprint density at radius 3 is 2.73 bits per heavy atom. The summed E-state index contributed by atoms with van der Waals surface area (Å²) in [6, 6.07) is 0. The first kappa shape index (κ1) is 9.01. The van der Waals surface area contributed by atoms with Gasteiger partial charge in [-0.05, 0) is 25.7 Å². The molecule has 0 bridgehead atoms. The second kappa shape index (κ2) is 4.73. The van der Waals surface area contributed by atoms with Crippen LogP contribution < -0.4 is 5.73 Å². The highest BCUT2D eigenvalue weighted by Gasteiger charge is 2.22. The molecule has 0 aromatic heterocycles. The van der Waals surface area contributed by atoms with Crippen LogP contribution in [0.3, 0.4) is 0 Å². The summed E-state index contributed by atoms with van der Waals surface area (Å²) < 4.78 is 5.44. The van der Waals surface area contributed by atoms with Crippen molar-refractivity contribution >= 4 is 0 Å². The van der Waals surface area contributed by atoms with Gasteiger partial charge in [0.25, 0.3) is 0 Å². The second-order valence-corrected chi connectivity index (χ2v) is 3.33. The molecular weight excluding hydrogens is 138 g/mol. The smallest absolute Gasteiger partial charge is 0.0697 e. The first-order valence-electron chi connectivity index (χ1n) is 4.68. The van der Waals surface area contributed by atoms with Crippen molar-refractivity contribution < 1.29 is 4.74 Å². The summed E-state index contributed by atoms with van der Waals surface area (Å²) in [5.74, 6) is 1.00. The van der Waals surface area contributed by atoms with Crippen molar-refractivity contribution in [2.24, 2.45) is 11.7 Å². The fourth-order valence-corrected chi connectivity index (χ4v) is 1.33. The van der Waals surface area contributed by atoms with Crippen molar-refractivity contribution in [3.63, 3.8) is 0 Å². The summed E-state index contributed by atoms with van der Waals surface area (Å²) in [6.45, 7) is 3.51. The summed E-state index contributed by atoms with van der Waals surface area (Å²) in [5.41, 5.74) is 5.54. The Morgan fingerprint density at radius 2 is 2.27 bits per heavy atom. The maximum atomic E-state index is 5.54. The number of ether oxygens (including phenoxy) is 1. The summed E-state index contributed by atoms with van der Waals surface area (Å²) >= 11 is 0. The molecule has 1 aliphatic carbocycles. The molecule has 0 heterocycles. The van der Waals surface area contributed by atoms with Crippen molar-refractivity contribution in [2.75, 3.05) is 13.2 Å². The van der Waals surface area contributed by atoms with E-state index in [4.69, 9.17) is 10.5 Å². The molecule has 0 radical (unpaired) electrons. The zero-order valence-corrected chi connectivity index (χ0v) is 7.38. The molecule has 1 fully saturated rings. The van der Waals surface area contributed by atoms with Crippen LogP contribution in [-0.2, 0) is 4.74 Å². The standard InChI is InChI=1S/C9H19NO/c1-2-11-9(7-10)6-5-8-3-4-8/h8-9H,2-7,10H2,1H3. The maximum absolute atomic E-state index is 5.54. The predicted octanol–water partition coefficient (Wildman–Crippen LogP) is 1.54. The van der Waals surface area contributed by atoms with Crippen LogP contribution in [0.2, 0.25) is 0 Å². The van der Waals surface area contributed by atoms with Crippen LogP contribution in [0.5, 0.6) is 0 Å². The van der Waals surface area contributed by atoms with E-state index in [1.807, 2.05) is 6.92 Å². The van der Waals surface area contributed by atoms with Gasteiger partial charge in [-0.2, -0.15) is 0 Å². The highest BCUT2D eigenvalue weighted by Crippen LogP contribution is 2.33. The lowest BCUT2D eigenvalue weighted by atomic mass is 10.1. The third-order valence-electron chi connectivity index (χ3n) is 2.26. The van der Waals surface area contributed by atoms with E-state index in [2.05, 4.69) is 0 Å². The number of rotatable bonds is 6. The molecule has 11 heavy (non-hydrogen) atoms. The van der Waals surface area contributed by atoms with E-state index in [0.717, 1.165) is 18.9 Å². The largest absolute Gasteiger partial charge is 0.377 e. The Kier molecular flexibility index (Phi) is 3.87. The molecule has 1 unspecified atom stereocenters. The normalized spacial score (nSPS) is 20.2. The van der Waals surface area contributed by atoms with Crippen molar-refractivity contribution in [2.45, 2.75) is 38.7 Å². The number of hydrogen-bond donors (Lipinski definition) is 1. The molecule has 1 rings (SSSR count). The van der Waals surface area contributed by atoms with Gasteiger partial charge in [-0.3, -0.25) is 0 Å². The quantitative estimate of drug-likeness (QED) is 0.634. The van der Waals surface area contributed by atoms with E-state index in [-0.39, 0.29) is 0 Å². The molecular formula is C9H19NO. The topological polar surface area (TPSA) is 35.2 Å². The van der Waals surface area contributed by atoms with Crippen LogP contribution >= 0.6 is 0 Å². The van der Waals surface area contributed by atoms with Gasteiger partial charge in [0.2, 0.25) is 0 Å². The summed E-state index contributed by atoms with van der Waals surface area (Å²) in [6.07, 6.45) is 5.67. The average molecular weight is 157 g/mol. The Bertz CT molecular complexity index is 102. The lowest BCUT2D eigenvalue weighted by Gasteiger charge is -2.13. The van der Waals surface area contributed by atoms with Gasteiger partial charge < -0.3 is 10.5 Å². The molecule has 0 aromatic rings. The fraction of sp³-hybridized carbons (Fsp3) is 1.00. The lowest BCUT2D eigenvalue weighted by molar-refractivity contribution is 0.0605. The van der Waals surface area contributed by atoms with Gasteiger partial charge in [-0.15, -0.1) is 0 Å². The SMILES string of the molecule is CCOC(CN)CCC1CC1. The van der Waals surface area contributed by atoms with Crippen molar-refractivity contribution in [1.82, 2.24) is 0 Å². The van der Waals surface area contributed by atoms with Crippen molar-refractivity contribution in [1.29, 1.82) is 0 Å². The summed E-state index contributed by atoms with van der Waals surface area (Å²) in [4.78, 5) is 0. The highest BCUT2D eigenvalue weighted by atomic mass is 16.5. The monoisotopic (exact) mass is 157 g/mol. The molecule has 66 valence electrons. The maximum Gasteiger partial charge on any atom is 0.0697 e. The van der Waals surface area contributed by atoms with Gasteiger partial charge in [0.05, 0.1) is 6.10 Å². The average Bonchev–Trinajstić information content (AvgIpc) is 2.81. The third kappa shape index (κ3) is 3.73. The molecule has 0 aliphatic heterocycles. The minimum absolute atomic E-state index is 0.320. The minimum Gasteiger partial charge on any atom is -0.377 e. The Morgan fingerprint density at radius 1 is 1.55 bits per heavy atom. The van der Waals surface area contributed by atoms with Gasteiger partial charge in [-0.25, -0.2) is 0 Å². The molecule has 0 amide bonds. The first-order chi connectivity index (χ1) is 5.36. The second-order valence-electron chi connectivity index (χ2n) is 3.33. The molecule has 2 N–H and O–H groups in total. The number of nitrogens with two attached hydrogens (primary N) is 1. The van der Waals surface area contributed by atoms with Crippen LogP contribution in [0.1, 0.15) is 32.6 Å². The van der Waals surface area contributed by atoms with Crippen molar-refractivity contribution in [3.05, 3.63) is 0 Å². The summed E-state index contributed by atoms with van der Waals surface area (Å²) in [7, 11) is 0. The Labute approximate surface area is 69.1 Å². The molecule has 1 atom stereocenters. The van der Waals surface area contributed by atoms with Gasteiger partial charge >= 0.3 is 0 Å². The molecule has 2 nitrogen and oxygen atoms in total. The Balaban J connectivity index is 1.98. The molecule has 2 heteroatoms. The molecule has 1 saturated carbocycles. The van der Waals surface area contributed by atoms with Crippen LogP contribution in [-0.4, -0.2) is 19.3 Å². The summed E-state index contributed by atoms with van der Waals surface area (Å²) in [5, 5.41) is 0. The van der Waals surface area contributed by atoms with E-state index < -0.39 is 0 Å². The molecule has 0 aromatic carbocycles. The predicted molar refractivity (Wildman–Crippen MR) is 46.4 cm³/mol. The highest BCUT2D eigenvalue weighted by molar-refractivity contribution is 4.74. The molecule has 0 saturated heterocycles. The fourth-order valence-electron chi connectivity index (χ4n) is 1.33. The van der Waals surface area contributed by atoms with E-state index in [1.165, 1.54) is 19.3 Å². The van der Waals surface area contributed by atoms with Crippen LogP contribution in [0, 0.1) is 5.92 Å². The minimum atomic E-state index is 0.320. The first-order valence-corrected chi connectivity index (χ1v) is 4.68. The van der Waals surface area contributed by atoms with Gasteiger partial charge in [0.15, 0.2) is 0 Å². The van der Waals surface area contributed by atoms with Crippen LogP contribution in [0.15, 0.2) is 0 Å².